The summed E-state index contributed by atoms with van der Waals surface area (Å²) in [5, 5.41) is 0. The molecule has 0 aliphatic carbocycles. The number of hydrogen-bond acceptors (Lipinski definition) is 8. The smallest absolute Gasteiger partial charge is 0.261 e. The zero-order chi connectivity index (χ0) is 23.5. The minimum absolute atomic E-state index is 0.129. The van der Waals surface area contributed by atoms with Gasteiger partial charge in [0.1, 0.15) is 36.2 Å². The van der Waals surface area contributed by atoms with Gasteiger partial charge in [0.15, 0.2) is 5.89 Å². The van der Waals surface area contributed by atoms with E-state index in [0.29, 0.717) is 34.7 Å². The number of rotatable bonds is 7. The minimum Gasteiger partial charge on any atom is -0.449 e. The van der Waals surface area contributed by atoms with Gasteiger partial charge in [-0.2, -0.15) is 0 Å². The van der Waals surface area contributed by atoms with Gasteiger partial charge in [0.25, 0.3) is 10.0 Å². The van der Waals surface area contributed by atoms with Crippen molar-refractivity contribution < 1.29 is 17.6 Å². The number of sulfonamides is 1. The van der Waals surface area contributed by atoms with Gasteiger partial charge in [-0.25, -0.2) is 28.4 Å². The van der Waals surface area contributed by atoms with Gasteiger partial charge >= 0.3 is 0 Å². The van der Waals surface area contributed by atoms with E-state index >= 15 is 0 Å². The van der Waals surface area contributed by atoms with Crippen molar-refractivity contribution in [3.63, 3.8) is 0 Å². The van der Waals surface area contributed by atoms with E-state index < -0.39 is 10.0 Å². The van der Waals surface area contributed by atoms with Crippen molar-refractivity contribution in [2.75, 3.05) is 4.72 Å². The lowest BCUT2D eigenvalue weighted by atomic mass is 10.2. The van der Waals surface area contributed by atoms with Crippen LogP contribution in [0.4, 0.5) is 5.69 Å². The molecule has 0 saturated carbocycles. The molecule has 3 aromatic heterocycles. The van der Waals surface area contributed by atoms with Crippen LogP contribution in [0.1, 0.15) is 5.89 Å². The Morgan fingerprint density at radius 3 is 2.50 bits per heavy atom. The van der Waals surface area contributed by atoms with E-state index in [2.05, 4.69) is 24.7 Å². The third-order valence-corrected chi connectivity index (χ3v) is 6.20. The van der Waals surface area contributed by atoms with Crippen LogP contribution in [-0.2, 0) is 10.0 Å². The Labute approximate surface area is 195 Å². The van der Waals surface area contributed by atoms with Crippen LogP contribution in [0.3, 0.4) is 0 Å². The minimum atomic E-state index is -3.77. The van der Waals surface area contributed by atoms with E-state index in [-0.39, 0.29) is 4.90 Å². The van der Waals surface area contributed by atoms with Gasteiger partial charge in [-0.3, -0.25) is 9.29 Å². The summed E-state index contributed by atoms with van der Waals surface area (Å²) >= 11 is 0. The molecule has 0 fully saturated rings. The highest BCUT2D eigenvalue weighted by atomic mass is 32.2. The first-order chi connectivity index (χ1) is 16.5. The molecule has 5 aromatic rings. The molecule has 0 unspecified atom stereocenters. The molecule has 170 valence electrons. The van der Waals surface area contributed by atoms with E-state index in [0.717, 1.165) is 5.56 Å². The standard InChI is InChI=1S/C23H18N6O4S/c1-16-27-21(13-32-16)17-2-8-20(9-3-17)34(30,31)28-18-4-6-19(7-5-18)33-23-12-22(25-14-26-23)29-11-10-24-15-29/h2-15,28H,1H3. The third kappa shape index (κ3) is 4.64. The summed E-state index contributed by atoms with van der Waals surface area (Å²) in [5.74, 6) is 1.98. The maximum absolute atomic E-state index is 12.8. The molecule has 0 amide bonds. The lowest BCUT2D eigenvalue weighted by Crippen LogP contribution is -2.12. The zero-order valence-corrected chi connectivity index (χ0v) is 18.7. The van der Waals surface area contributed by atoms with Crippen molar-refractivity contribution in [2.45, 2.75) is 11.8 Å². The molecule has 0 aliphatic heterocycles. The monoisotopic (exact) mass is 474 g/mol. The second-order valence-corrected chi connectivity index (χ2v) is 8.87. The van der Waals surface area contributed by atoms with Crippen molar-refractivity contribution in [1.29, 1.82) is 0 Å². The Morgan fingerprint density at radius 1 is 1.03 bits per heavy atom. The van der Waals surface area contributed by atoms with Crippen LogP contribution in [0.2, 0.25) is 0 Å². The second kappa shape index (κ2) is 8.79. The van der Waals surface area contributed by atoms with Gasteiger partial charge in [-0.1, -0.05) is 12.1 Å². The van der Waals surface area contributed by atoms with Gasteiger partial charge in [-0.15, -0.1) is 0 Å². The number of aryl methyl sites for hydroxylation is 1. The number of anilines is 1. The van der Waals surface area contributed by atoms with Gasteiger partial charge in [0.05, 0.1) is 4.90 Å². The van der Waals surface area contributed by atoms with Crippen LogP contribution in [0, 0.1) is 6.92 Å². The van der Waals surface area contributed by atoms with Gasteiger partial charge < -0.3 is 9.15 Å². The van der Waals surface area contributed by atoms with Crippen molar-refractivity contribution in [3.8, 4) is 28.7 Å². The molecule has 11 heteroatoms. The molecule has 34 heavy (non-hydrogen) atoms. The lowest BCUT2D eigenvalue weighted by Gasteiger charge is -2.10. The summed E-state index contributed by atoms with van der Waals surface area (Å²) in [4.78, 5) is 16.6. The molecule has 5 rings (SSSR count). The van der Waals surface area contributed by atoms with Crippen molar-refractivity contribution >= 4 is 15.7 Å². The fourth-order valence-electron chi connectivity index (χ4n) is 3.15. The number of imidazole rings is 1. The largest absolute Gasteiger partial charge is 0.449 e. The van der Waals surface area contributed by atoms with Crippen LogP contribution < -0.4 is 9.46 Å². The predicted molar refractivity (Wildman–Crippen MR) is 123 cm³/mol. The first-order valence-corrected chi connectivity index (χ1v) is 11.6. The Balaban J connectivity index is 1.27. The van der Waals surface area contributed by atoms with Gasteiger partial charge in [0.2, 0.25) is 5.88 Å². The van der Waals surface area contributed by atoms with E-state index in [1.807, 2.05) is 0 Å². The van der Waals surface area contributed by atoms with Crippen LogP contribution in [0.15, 0.2) is 95.2 Å². The molecule has 0 radical (unpaired) electrons. The SMILES string of the molecule is Cc1nc(-c2ccc(S(=O)(=O)Nc3ccc(Oc4cc(-n5ccnc5)ncn4)cc3)cc2)co1. The van der Waals surface area contributed by atoms with Gasteiger partial charge in [-0.05, 0) is 36.4 Å². The van der Waals surface area contributed by atoms with Crippen LogP contribution >= 0.6 is 0 Å². The highest BCUT2D eigenvalue weighted by molar-refractivity contribution is 7.92. The maximum atomic E-state index is 12.8. The Hall–Kier alpha value is -4.51. The van der Waals surface area contributed by atoms with Crippen molar-refractivity contribution in [3.05, 3.63) is 91.8 Å². The van der Waals surface area contributed by atoms with E-state index in [4.69, 9.17) is 9.15 Å². The van der Waals surface area contributed by atoms with E-state index in [9.17, 15) is 8.42 Å². The quantitative estimate of drug-likeness (QED) is 0.372. The average Bonchev–Trinajstić information content (AvgIpc) is 3.53. The summed E-state index contributed by atoms with van der Waals surface area (Å²) in [5.41, 5.74) is 1.80. The van der Waals surface area contributed by atoms with Crippen molar-refractivity contribution in [2.24, 2.45) is 0 Å². The zero-order valence-electron chi connectivity index (χ0n) is 17.9. The summed E-state index contributed by atoms with van der Waals surface area (Å²) in [6.07, 6.45) is 7.95. The fraction of sp³-hybridized carbons (Fsp3) is 0.0435. The predicted octanol–water partition coefficient (Wildman–Crippen LogP) is 4.22. The Morgan fingerprint density at radius 2 is 1.82 bits per heavy atom. The molecular formula is C23H18N6O4S. The number of nitrogens with zero attached hydrogens (tertiary/aromatic N) is 5. The number of oxazole rings is 1. The molecule has 1 N–H and O–H groups in total. The van der Waals surface area contributed by atoms with E-state index in [1.165, 1.54) is 24.7 Å². The summed E-state index contributed by atoms with van der Waals surface area (Å²) in [7, 11) is -3.77. The number of hydrogen-bond donors (Lipinski definition) is 1. The second-order valence-electron chi connectivity index (χ2n) is 7.19. The topological polar surface area (TPSA) is 125 Å². The highest BCUT2D eigenvalue weighted by Gasteiger charge is 2.15. The molecule has 2 aromatic carbocycles. The van der Waals surface area contributed by atoms with Crippen LogP contribution in [0.5, 0.6) is 11.6 Å². The lowest BCUT2D eigenvalue weighted by molar-refractivity contribution is 0.461. The molecular weight excluding hydrogens is 456 g/mol. The molecule has 10 nitrogen and oxygen atoms in total. The third-order valence-electron chi connectivity index (χ3n) is 4.80. The molecule has 0 aliphatic rings. The van der Waals surface area contributed by atoms with Crippen molar-refractivity contribution in [1.82, 2.24) is 24.5 Å². The fourth-order valence-corrected chi connectivity index (χ4v) is 4.21. The maximum Gasteiger partial charge on any atom is 0.261 e. The summed E-state index contributed by atoms with van der Waals surface area (Å²) in [6, 6.07) is 14.6. The number of ether oxygens (including phenoxy) is 1. The number of aromatic nitrogens is 5. The van der Waals surface area contributed by atoms with Crippen LogP contribution in [0.25, 0.3) is 17.1 Å². The molecule has 0 atom stereocenters. The normalized spacial score (nSPS) is 11.3. The molecule has 0 bridgehead atoms. The first-order valence-electron chi connectivity index (χ1n) is 10.1. The number of benzene rings is 2. The molecule has 3 heterocycles. The Bertz CT molecular complexity index is 1510. The first kappa shape index (κ1) is 21.3. The molecule has 0 saturated heterocycles. The van der Waals surface area contributed by atoms with Crippen LogP contribution in [-0.4, -0.2) is 32.9 Å². The summed E-state index contributed by atoms with van der Waals surface area (Å²) in [6.45, 7) is 1.74. The average molecular weight is 475 g/mol. The highest BCUT2D eigenvalue weighted by Crippen LogP contribution is 2.25. The summed E-state index contributed by atoms with van der Waals surface area (Å²) < 4.78 is 40.8. The molecule has 0 spiro atoms. The van der Waals surface area contributed by atoms with E-state index in [1.54, 1.807) is 72.7 Å². The van der Waals surface area contributed by atoms with Gasteiger partial charge in [0, 0.05) is 36.6 Å². The Kier molecular flexibility index (Phi) is 5.52. The number of nitrogens with one attached hydrogen (secondary N) is 1.